The van der Waals surface area contributed by atoms with E-state index in [1.807, 2.05) is 0 Å². The molecular weight excluding hydrogens is 210 g/mol. The molecule has 1 unspecified atom stereocenters. The van der Waals surface area contributed by atoms with E-state index < -0.39 is 0 Å². The Balaban J connectivity index is 2.37. The first kappa shape index (κ1) is 12.4. The Morgan fingerprint density at radius 2 is 2.18 bits per heavy atom. The van der Waals surface area contributed by atoms with Gasteiger partial charge < -0.3 is 10.1 Å². The van der Waals surface area contributed by atoms with Gasteiger partial charge in [0.05, 0.1) is 6.04 Å². The Morgan fingerprint density at radius 1 is 1.41 bits per heavy atom. The van der Waals surface area contributed by atoms with Gasteiger partial charge in [0.15, 0.2) is 0 Å². The summed E-state index contributed by atoms with van der Waals surface area (Å²) in [6, 6.07) is 4.81. The summed E-state index contributed by atoms with van der Waals surface area (Å²) in [5.41, 5.74) is 4.08. The molecule has 17 heavy (non-hydrogen) atoms. The minimum absolute atomic E-state index is 0.377. The van der Waals surface area contributed by atoms with Crippen LogP contribution in [0.25, 0.3) is 0 Å². The number of benzene rings is 1. The number of rotatable bonds is 4. The van der Waals surface area contributed by atoms with Crippen LogP contribution in [-0.4, -0.2) is 13.2 Å². The molecule has 94 valence electrons. The highest BCUT2D eigenvalue weighted by molar-refractivity contribution is 5.51. The highest BCUT2D eigenvalue weighted by Gasteiger charge is 2.28. The largest absolute Gasteiger partial charge is 0.491 e. The van der Waals surface area contributed by atoms with Crippen molar-refractivity contribution >= 4 is 0 Å². The van der Waals surface area contributed by atoms with Crippen LogP contribution in [0.3, 0.4) is 0 Å². The highest BCUT2D eigenvalue weighted by atomic mass is 16.5. The molecule has 1 heterocycles. The van der Waals surface area contributed by atoms with Gasteiger partial charge in [0, 0.05) is 5.56 Å². The van der Waals surface area contributed by atoms with E-state index in [-0.39, 0.29) is 0 Å². The van der Waals surface area contributed by atoms with Crippen molar-refractivity contribution in [3.8, 4) is 5.75 Å². The zero-order valence-electron chi connectivity index (χ0n) is 11.3. The summed E-state index contributed by atoms with van der Waals surface area (Å²) >= 11 is 0. The van der Waals surface area contributed by atoms with Gasteiger partial charge in [-0.25, -0.2) is 0 Å². The zero-order chi connectivity index (χ0) is 12.4. The third-order valence-electron chi connectivity index (χ3n) is 3.43. The molecule has 0 bridgehead atoms. The second-order valence-corrected chi connectivity index (χ2v) is 5.19. The molecule has 1 N–H and O–H groups in total. The van der Waals surface area contributed by atoms with Crippen LogP contribution in [0, 0.1) is 6.92 Å². The molecule has 2 nitrogen and oxygen atoms in total. The maximum Gasteiger partial charge on any atom is 0.127 e. The van der Waals surface area contributed by atoms with Gasteiger partial charge in [-0.05, 0) is 36.9 Å². The molecule has 1 aromatic carbocycles. The number of aryl methyl sites for hydroxylation is 1. The average Bonchev–Trinajstić information content (AvgIpc) is 2.71. The SMILES string of the molecule is CCCNC1COc2c(C)ccc(C(C)C)c21. The number of hydrogen-bond donors (Lipinski definition) is 1. The van der Waals surface area contributed by atoms with E-state index in [2.05, 4.69) is 45.1 Å². The fourth-order valence-electron chi connectivity index (χ4n) is 2.51. The van der Waals surface area contributed by atoms with Crippen molar-refractivity contribution in [1.29, 1.82) is 0 Å². The smallest absolute Gasteiger partial charge is 0.127 e. The first-order chi connectivity index (χ1) is 8.15. The topological polar surface area (TPSA) is 21.3 Å². The van der Waals surface area contributed by atoms with Crippen molar-refractivity contribution < 1.29 is 4.74 Å². The summed E-state index contributed by atoms with van der Waals surface area (Å²) in [7, 11) is 0. The summed E-state index contributed by atoms with van der Waals surface area (Å²) in [6.07, 6.45) is 1.16. The first-order valence-electron chi connectivity index (χ1n) is 6.64. The normalized spacial score (nSPS) is 18.3. The third-order valence-corrected chi connectivity index (χ3v) is 3.43. The monoisotopic (exact) mass is 233 g/mol. The molecule has 0 aromatic heterocycles. The number of ether oxygens (including phenoxy) is 1. The van der Waals surface area contributed by atoms with Crippen molar-refractivity contribution in [1.82, 2.24) is 5.32 Å². The van der Waals surface area contributed by atoms with E-state index in [1.165, 1.54) is 16.7 Å². The summed E-state index contributed by atoms with van der Waals surface area (Å²) in [5.74, 6) is 1.67. The van der Waals surface area contributed by atoms with Crippen molar-refractivity contribution in [2.75, 3.05) is 13.2 Å². The van der Waals surface area contributed by atoms with Gasteiger partial charge in [-0.1, -0.05) is 32.9 Å². The minimum Gasteiger partial charge on any atom is -0.491 e. The molecule has 1 aliphatic heterocycles. The van der Waals surface area contributed by atoms with Crippen molar-refractivity contribution in [2.24, 2.45) is 0 Å². The van der Waals surface area contributed by atoms with Gasteiger partial charge >= 0.3 is 0 Å². The highest BCUT2D eigenvalue weighted by Crippen LogP contribution is 2.40. The molecule has 0 amide bonds. The Hall–Kier alpha value is -1.02. The van der Waals surface area contributed by atoms with Crippen LogP contribution in [0.5, 0.6) is 5.75 Å². The Bertz CT molecular complexity index is 398. The molecule has 0 fully saturated rings. The molecule has 1 aliphatic rings. The lowest BCUT2D eigenvalue weighted by Gasteiger charge is -2.17. The van der Waals surface area contributed by atoms with Crippen LogP contribution in [0.2, 0.25) is 0 Å². The van der Waals surface area contributed by atoms with Gasteiger partial charge in [0.1, 0.15) is 12.4 Å². The molecule has 0 radical (unpaired) electrons. The minimum atomic E-state index is 0.377. The summed E-state index contributed by atoms with van der Waals surface area (Å²) in [4.78, 5) is 0. The fraction of sp³-hybridized carbons (Fsp3) is 0.600. The van der Waals surface area contributed by atoms with Crippen LogP contribution >= 0.6 is 0 Å². The maximum atomic E-state index is 5.87. The molecule has 2 rings (SSSR count). The quantitative estimate of drug-likeness (QED) is 0.858. The second kappa shape index (κ2) is 5.09. The van der Waals surface area contributed by atoms with Gasteiger partial charge in [-0.15, -0.1) is 0 Å². The second-order valence-electron chi connectivity index (χ2n) is 5.19. The maximum absolute atomic E-state index is 5.87. The van der Waals surface area contributed by atoms with Gasteiger partial charge in [-0.3, -0.25) is 0 Å². The summed E-state index contributed by atoms with van der Waals surface area (Å²) in [5, 5.41) is 3.58. The molecule has 1 atom stereocenters. The standard InChI is InChI=1S/C15H23NO/c1-5-8-16-13-9-17-15-11(4)6-7-12(10(2)3)14(13)15/h6-7,10,13,16H,5,8-9H2,1-4H3. The number of nitrogens with one attached hydrogen (secondary N) is 1. The van der Waals surface area contributed by atoms with E-state index in [9.17, 15) is 0 Å². The molecule has 0 saturated heterocycles. The predicted octanol–water partition coefficient (Wildman–Crippen LogP) is 3.55. The molecule has 0 saturated carbocycles. The molecule has 2 heteroatoms. The zero-order valence-corrected chi connectivity index (χ0v) is 11.3. The molecule has 1 aromatic rings. The Kier molecular flexibility index (Phi) is 3.72. The van der Waals surface area contributed by atoms with E-state index in [4.69, 9.17) is 4.74 Å². The number of hydrogen-bond acceptors (Lipinski definition) is 2. The third kappa shape index (κ3) is 2.32. The van der Waals surface area contributed by atoms with Crippen LogP contribution in [-0.2, 0) is 0 Å². The van der Waals surface area contributed by atoms with Crippen molar-refractivity contribution in [2.45, 2.75) is 46.1 Å². The van der Waals surface area contributed by atoms with Gasteiger partial charge in [-0.2, -0.15) is 0 Å². The molecule has 0 aliphatic carbocycles. The van der Waals surface area contributed by atoms with E-state index in [0.29, 0.717) is 12.0 Å². The summed E-state index contributed by atoms with van der Waals surface area (Å²) < 4.78 is 5.87. The van der Waals surface area contributed by atoms with Gasteiger partial charge in [0.25, 0.3) is 0 Å². The van der Waals surface area contributed by atoms with E-state index in [1.54, 1.807) is 0 Å². The van der Waals surface area contributed by atoms with Crippen LogP contribution < -0.4 is 10.1 Å². The first-order valence-corrected chi connectivity index (χ1v) is 6.64. The van der Waals surface area contributed by atoms with Gasteiger partial charge in [0.2, 0.25) is 0 Å². The molecule has 0 spiro atoms. The van der Waals surface area contributed by atoms with Crippen molar-refractivity contribution in [3.63, 3.8) is 0 Å². The Morgan fingerprint density at radius 3 is 2.82 bits per heavy atom. The average molecular weight is 233 g/mol. The lowest BCUT2D eigenvalue weighted by molar-refractivity contribution is 0.310. The van der Waals surface area contributed by atoms with Crippen LogP contribution in [0.4, 0.5) is 0 Å². The predicted molar refractivity (Wildman–Crippen MR) is 71.8 cm³/mol. The van der Waals surface area contributed by atoms with E-state index >= 15 is 0 Å². The lowest BCUT2D eigenvalue weighted by Crippen LogP contribution is -2.24. The van der Waals surface area contributed by atoms with Crippen molar-refractivity contribution in [3.05, 3.63) is 28.8 Å². The number of fused-ring (bicyclic) bond motifs is 1. The van der Waals surface area contributed by atoms with E-state index in [0.717, 1.165) is 25.3 Å². The summed E-state index contributed by atoms with van der Waals surface area (Å²) in [6.45, 7) is 10.7. The fourth-order valence-corrected chi connectivity index (χ4v) is 2.51. The Labute approximate surface area is 104 Å². The molecular formula is C15H23NO. The lowest BCUT2D eigenvalue weighted by atomic mass is 9.91. The van der Waals surface area contributed by atoms with Crippen LogP contribution in [0.15, 0.2) is 12.1 Å². The van der Waals surface area contributed by atoms with Crippen LogP contribution in [0.1, 0.15) is 55.8 Å².